The number of nitriles is 2. The van der Waals surface area contributed by atoms with Crippen molar-refractivity contribution in [2.75, 3.05) is 0 Å². The van der Waals surface area contributed by atoms with E-state index < -0.39 is 0 Å². The third-order valence-corrected chi connectivity index (χ3v) is 4.75. The van der Waals surface area contributed by atoms with Gasteiger partial charge in [-0.1, -0.05) is 119 Å². The van der Waals surface area contributed by atoms with Crippen LogP contribution in [0.5, 0.6) is 0 Å². The van der Waals surface area contributed by atoms with Crippen molar-refractivity contribution >= 4 is 12.2 Å². The van der Waals surface area contributed by atoms with Gasteiger partial charge in [0.15, 0.2) is 0 Å². The molecule has 0 saturated carbocycles. The van der Waals surface area contributed by atoms with Gasteiger partial charge in [0, 0.05) is 0 Å². The molecule has 0 spiro atoms. The van der Waals surface area contributed by atoms with Crippen LogP contribution in [0.15, 0.2) is 132 Å². The molecule has 4 rings (SSSR count). The van der Waals surface area contributed by atoms with Crippen LogP contribution in [0.1, 0.15) is 22.3 Å². The summed E-state index contributed by atoms with van der Waals surface area (Å²) in [7, 11) is 0. The largest absolute Gasteiger partial charge is 2.00 e. The summed E-state index contributed by atoms with van der Waals surface area (Å²) in [5.41, 5.74) is 5.46. The molecule has 4 aromatic rings. The Morgan fingerprint density at radius 2 is 0.771 bits per heavy atom. The van der Waals surface area contributed by atoms with Crippen LogP contribution in [-0.4, -0.2) is 0 Å². The molecule has 0 heterocycles. The molecular formula is C32H24N2Pd. The van der Waals surface area contributed by atoms with E-state index in [1.54, 1.807) is 0 Å². The predicted molar refractivity (Wildman–Crippen MR) is 140 cm³/mol. The molecule has 2 nitrogen and oxygen atoms in total. The molecule has 0 aliphatic rings. The summed E-state index contributed by atoms with van der Waals surface area (Å²) >= 11 is 0. The van der Waals surface area contributed by atoms with Crippen molar-refractivity contribution in [3.63, 3.8) is 0 Å². The molecule has 0 N–H and O–H groups in total. The predicted octanol–water partition coefficient (Wildman–Crippen LogP) is 7.69. The van der Waals surface area contributed by atoms with Crippen LogP contribution < -0.4 is 0 Å². The van der Waals surface area contributed by atoms with Crippen molar-refractivity contribution < 1.29 is 20.4 Å². The molecule has 3 heteroatoms. The summed E-state index contributed by atoms with van der Waals surface area (Å²) < 4.78 is 0. The molecule has 172 valence electrons. The van der Waals surface area contributed by atoms with Gasteiger partial charge in [-0.3, -0.25) is 0 Å². The van der Waals surface area contributed by atoms with Crippen molar-refractivity contribution in [3.05, 3.63) is 168 Å². The molecule has 0 atom stereocenters. The number of hydrogen-bond donors (Lipinski definition) is 0. The van der Waals surface area contributed by atoms with Gasteiger partial charge in [0.2, 0.25) is 0 Å². The Labute approximate surface area is 222 Å². The van der Waals surface area contributed by atoms with Gasteiger partial charge in [-0.25, -0.2) is 10.5 Å². The Morgan fingerprint density at radius 1 is 0.486 bits per heavy atom. The molecule has 0 saturated heterocycles. The first-order valence-electron chi connectivity index (χ1n) is 10.9. The average Bonchev–Trinajstić information content (AvgIpc) is 2.91. The second-order valence-corrected chi connectivity index (χ2v) is 7.35. The van der Waals surface area contributed by atoms with Crippen LogP contribution in [0.3, 0.4) is 0 Å². The minimum Gasteiger partial charge on any atom is -0.248 e. The van der Waals surface area contributed by atoms with E-state index in [4.69, 9.17) is 10.5 Å². The zero-order valence-corrected chi connectivity index (χ0v) is 20.6. The van der Waals surface area contributed by atoms with E-state index >= 15 is 0 Å². The van der Waals surface area contributed by atoms with Crippen LogP contribution in [0, 0.1) is 35.5 Å². The fourth-order valence-electron chi connectivity index (χ4n) is 3.13. The Kier molecular flexibility index (Phi) is 12.0. The van der Waals surface area contributed by atoms with E-state index in [0.717, 1.165) is 22.3 Å². The molecule has 0 unspecified atom stereocenters. The average molecular weight is 543 g/mol. The van der Waals surface area contributed by atoms with E-state index in [0.29, 0.717) is 11.1 Å². The molecule has 0 aliphatic heterocycles. The van der Waals surface area contributed by atoms with Gasteiger partial charge in [0.05, 0.1) is 0 Å². The molecule has 0 aliphatic carbocycles. The van der Waals surface area contributed by atoms with Gasteiger partial charge in [0.25, 0.3) is 0 Å². The maximum absolute atomic E-state index is 9.10. The van der Waals surface area contributed by atoms with Crippen molar-refractivity contribution in [2.24, 2.45) is 0 Å². The summed E-state index contributed by atoms with van der Waals surface area (Å²) in [6.45, 7) is 0. The van der Waals surface area contributed by atoms with Gasteiger partial charge >= 0.3 is 20.4 Å². The van der Waals surface area contributed by atoms with Crippen molar-refractivity contribution in [1.82, 2.24) is 0 Å². The number of nitrogens with zero attached hydrogens (tertiary/aromatic N) is 2. The third kappa shape index (κ3) is 10.0. The summed E-state index contributed by atoms with van der Waals surface area (Å²) in [5, 5.41) is 18.2. The zero-order chi connectivity index (χ0) is 23.8. The van der Waals surface area contributed by atoms with Crippen LogP contribution in [-0.2, 0) is 20.4 Å². The first-order chi connectivity index (χ1) is 16.8. The van der Waals surface area contributed by atoms with Crippen LogP contribution in [0.2, 0.25) is 0 Å². The van der Waals surface area contributed by atoms with E-state index in [9.17, 15) is 0 Å². The topological polar surface area (TPSA) is 47.6 Å². The van der Waals surface area contributed by atoms with Gasteiger partial charge in [-0.15, -0.1) is 60.4 Å². The van der Waals surface area contributed by atoms with Crippen LogP contribution in [0.25, 0.3) is 12.2 Å². The number of benzene rings is 4. The number of rotatable bonds is 6. The van der Waals surface area contributed by atoms with E-state index in [1.807, 2.05) is 146 Å². The Balaban J connectivity index is 0.000000240. The number of allylic oxidation sites excluding steroid dienone is 2. The fraction of sp³-hybridized carbons (Fsp3) is 0. The minimum atomic E-state index is 0. The van der Waals surface area contributed by atoms with Crippen LogP contribution >= 0.6 is 0 Å². The normalized spacial score (nSPS) is 10.3. The second-order valence-electron chi connectivity index (χ2n) is 7.35. The van der Waals surface area contributed by atoms with E-state index in [-0.39, 0.29) is 20.4 Å². The Morgan fingerprint density at radius 3 is 1.06 bits per heavy atom. The second kappa shape index (κ2) is 15.6. The van der Waals surface area contributed by atoms with Crippen molar-refractivity contribution in [1.29, 1.82) is 10.5 Å². The Hall–Kier alpha value is -4.26. The monoisotopic (exact) mass is 542 g/mol. The first-order valence-corrected chi connectivity index (χ1v) is 10.9. The van der Waals surface area contributed by atoms with E-state index in [1.165, 1.54) is 0 Å². The molecular weight excluding hydrogens is 519 g/mol. The molecule has 0 bridgehead atoms. The molecule has 0 amide bonds. The summed E-state index contributed by atoms with van der Waals surface area (Å²) in [4.78, 5) is 0. The third-order valence-electron chi connectivity index (χ3n) is 4.75. The van der Waals surface area contributed by atoms with Crippen molar-refractivity contribution in [2.45, 2.75) is 0 Å². The number of hydrogen-bond acceptors (Lipinski definition) is 2. The molecule has 4 aromatic carbocycles. The molecule has 0 radical (unpaired) electrons. The van der Waals surface area contributed by atoms with Gasteiger partial charge in [-0.05, 0) is 12.1 Å². The van der Waals surface area contributed by atoms with Gasteiger partial charge in [0.1, 0.15) is 0 Å². The summed E-state index contributed by atoms with van der Waals surface area (Å²) in [6, 6.07) is 43.8. The maximum Gasteiger partial charge on any atom is 2.00 e. The fourth-order valence-corrected chi connectivity index (χ4v) is 3.13. The molecule has 0 aromatic heterocycles. The SMILES string of the molecule is N#CC(=Cc1ccccc1)[CH-]c1ccccc1.N#CC(=Cc1ccccc1)[CH-]c1ccccc1.[Pd+2]. The minimum absolute atomic E-state index is 0. The van der Waals surface area contributed by atoms with E-state index in [2.05, 4.69) is 12.1 Å². The standard InChI is InChI=1S/2C16H12N.Pd/c2*17-13-16(11-14-7-3-1-4-8-14)12-15-9-5-2-6-10-15;/h2*1-12H;/q2*-1;+2. The first kappa shape index (κ1) is 27.0. The van der Waals surface area contributed by atoms with Gasteiger partial charge in [-0.2, -0.15) is 0 Å². The quantitative estimate of drug-likeness (QED) is 0.142. The Bertz CT molecular complexity index is 1180. The van der Waals surface area contributed by atoms with Gasteiger partial charge < -0.3 is 0 Å². The zero-order valence-electron chi connectivity index (χ0n) is 19.1. The summed E-state index contributed by atoms with van der Waals surface area (Å²) in [6.07, 6.45) is 7.53. The molecule has 35 heavy (non-hydrogen) atoms. The maximum atomic E-state index is 9.10. The smallest absolute Gasteiger partial charge is 0.248 e. The summed E-state index contributed by atoms with van der Waals surface area (Å²) in [5.74, 6) is 0. The molecule has 0 fully saturated rings. The van der Waals surface area contributed by atoms with Crippen molar-refractivity contribution in [3.8, 4) is 12.1 Å². The van der Waals surface area contributed by atoms with Crippen LogP contribution in [0.4, 0.5) is 0 Å².